The molecule has 0 unspecified atom stereocenters. The molecular formula is C25H30N2O4. The Morgan fingerprint density at radius 3 is 2.42 bits per heavy atom. The Morgan fingerprint density at radius 1 is 0.935 bits per heavy atom. The summed E-state index contributed by atoms with van der Waals surface area (Å²) in [6.45, 7) is 4.00. The van der Waals surface area contributed by atoms with E-state index in [1.807, 2.05) is 30.3 Å². The topological polar surface area (TPSA) is 84.5 Å². The number of hydrogen-bond donors (Lipinski definition) is 2. The smallest absolute Gasteiger partial charge is 0.340 e. The van der Waals surface area contributed by atoms with Crippen LogP contribution in [-0.2, 0) is 20.7 Å². The summed E-state index contributed by atoms with van der Waals surface area (Å²) < 4.78 is 5.23. The van der Waals surface area contributed by atoms with Gasteiger partial charge in [0.2, 0.25) is 5.91 Å². The van der Waals surface area contributed by atoms with Crippen molar-refractivity contribution in [3.05, 3.63) is 65.7 Å². The number of esters is 1. The monoisotopic (exact) mass is 422 g/mol. The third-order valence-corrected chi connectivity index (χ3v) is 6.02. The highest BCUT2D eigenvalue weighted by Gasteiger charge is 2.28. The molecule has 164 valence electrons. The predicted molar refractivity (Wildman–Crippen MR) is 120 cm³/mol. The van der Waals surface area contributed by atoms with Gasteiger partial charge in [-0.1, -0.05) is 69.2 Å². The van der Waals surface area contributed by atoms with Crippen LogP contribution in [-0.4, -0.2) is 30.4 Å². The summed E-state index contributed by atoms with van der Waals surface area (Å²) in [7, 11) is 0. The number of benzene rings is 2. The summed E-state index contributed by atoms with van der Waals surface area (Å²) in [6, 6.07) is 16.1. The first kappa shape index (κ1) is 22.5. The summed E-state index contributed by atoms with van der Waals surface area (Å²) in [5.74, 6) is -0.216. The van der Waals surface area contributed by atoms with Crippen LogP contribution in [0.25, 0.3) is 0 Å². The normalized spacial score (nSPS) is 20.5. The third-order valence-electron chi connectivity index (χ3n) is 6.02. The minimum absolute atomic E-state index is 0.111. The van der Waals surface area contributed by atoms with Crippen LogP contribution in [0.15, 0.2) is 54.6 Å². The second kappa shape index (κ2) is 10.8. The average molecular weight is 423 g/mol. The van der Waals surface area contributed by atoms with Crippen molar-refractivity contribution in [1.29, 1.82) is 0 Å². The van der Waals surface area contributed by atoms with Gasteiger partial charge in [-0.15, -0.1) is 0 Å². The molecule has 0 saturated heterocycles. The Kier molecular flexibility index (Phi) is 7.82. The van der Waals surface area contributed by atoms with Crippen molar-refractivity contribution in [3.8, 4) is 0 Å². The SMILES string of the molecule is C[C@@H]1[C@H](C)CCC[C@@H]1NC(=O)COC(=O)c1ccccc1NC(=O)Cc1ccccc1. The molecule has 0 heterocycles. The highest BCUT2D eigenvalue weighted by molar-refractivity contribution is 6.02. The van der Waals surface area contributed by atoms with Gasteiger partial charge in [0.25, 0.3) is 5.91 Å². The summed E-state index contributed by atoms with van der Waals surface area (Å²) in [6.07, 6.45) is 3.41. The van der Waals surface area contributed by atoms with Crippen molar-refractivity contribution < 1.29 is 19.1 Å². The van der Waals surface area contributed by atoms with Crippen LogP contribution in [0.4, 0.5) is 5.69 Å². The second-order valence-electron chi connectivity index (χ2n) is 8.27. The predicted octanol–water partition coefficient (Wildman–Crippen LogP) is 3.97. The molecule has 31 heavy (non-hydrogen) atoms. The van der Waals surface area contributed by atoms with Gasteiger partial charge in [-0.2, -0.15) is 0 Å². The first-order valence-electron chi connectivity index (χ1n) is 10.8. The van der Waals surface area contributed by atoms with Crippen molar-refractivity contribution in [2.45, 2.75) is 45.6 Å². The molecule has 2 aromatic carbocycles. The summed E-state index contributed by atoms with van der Waals surface area (Å²) >= 11 is 0. The van der Waals surface area contributed by atoms with Crippen LogP contribution in [0.3, 0.4) is 0 Å². The maximum Gasteiger partial charge on any atom is 0.340 e. The molecule has 3 atom stereocenters. The fourth-order valence-electron chi connectivity index (χ4n) is 3.99. The first-order valence-corrected chi connectivity index (χ1v) is 10.8. The van der Waals surface area contributed by atoms with E-state index in [4.69, 9.17) is 4.74 Å². The zero-order chi connectivity index (χ0) is 22.2. The van der Waals surface area contributed by atoms with Gasteiger partial charge in [0.05, 0.1) is 17.7 Å². The second-order valence-corrected chi connectivity index (χ2v) is 8.27. The number of nitrogens with one attached hydrogen (secondary N) is 2. The molecular weight excluding hydrogens is 392 g/mol. The minimum atomic E-state index is -0.643. The third kappa shape index (κ3) is 6.41. The fraction of sp³-hybridized carbons (Fsp3) is 0.400. The van der Waals surface area contributed by atoms with E-state index in [0.717, 1.165) is 18.4 Å². The Balaban J connectivity index is 1.54. The largest absolute Gasteiger partial charge is 0.452 e. The van der Waals surface area contributed by atoms with Gasteiger partial charge in [0, 0.05) is 6.04 Å². The Labute approximate surface area is 183 Å². The molecule has 0 bridgehead atoms. The van der Waals surface area contributed by atoms with Crippen LogP contribution >= 0.6 is 0 Å². The lowest BCUT2D eigenvalue weighted by Crippen LogP contribution is -2.45. The zero-order valence-electron chi connectivity index (χ0n) is 18.1. The van der Waals surface area contributed by atoms with Gasteiger partial charge in [0.15, 0.2) is 6.61 Å². The summed E-state index contributed by atoms with van der Waals surface area (Å²) in [5.41, 5.74) is 1.46. The van der Waals surface area contributed by atoms with Crippen LogP contribution in [0, 0.1) is 11.8 Å². The van der Waals surface area contributed by atoms with Gasteiger partial charge in [0.1, 0.15) is 0 Å². The molecule has 1 fully saturated rings. The first-order chi connectivity index (χ1) is 14.9. The van der Waals surface area contributed by atoms with Gasteiger partial charge < -0.3 is 15.4 Å². The van der Waals surface area contributed by atoms with E-state index in [1.165, 1.54) is 6.42 Å². The number of ether oxygens (including phenoxy) is 1. The standard InChI is InChI=1S/C25H30N2O4/c1-17-9-8-14-21(18(17)2)26-24(29)16-31-25(30)20-12-6-7-13-22(20)27-23(28)15-19-10-4-3-5-11-19/h3-7,10-13,17-18,21H,8-9,14-16H2,1-2H3,(H,26,29)(H,27,28)/t17-,18-,21+/m1/s1. The van der Waals surface area contributed by atoms with Crippen molar-refractivity contribution in [1.82, 2.24) is 5.32 Å². The summed E-state index contributed by atoms with van der Waals surface area (Å²) in [4.78, 5) is 37.2. The van der Waals surface area contributed by atoms with Gasteiger partial charge in [-0.3, -0.25) is 9.59 Å². The zero-order valence-corrected chi connectivity index (χ0v) is 18.1. The average Bonchev–Trinajstić information content (AvgIpc) is 2.76. The molecule has 0 spiro atoms. The lowest BCUT2D eigenvalue weighted by atomic mass is 9.78. The number of rotatable bonds is 7. The molecule has 2 N–H and O–H groups in total. The van der Waals surface area contributed by atoms with E-state index in [1.54, 1.807) is 24.3 Å². The van der Waals surface area contributed by atoms with Crippen LogP contribution in [0.1, 0.15) is 49.0 Å². The molecule has 6 nitrogen and oxygen atoms in total. The molecule has 1 saturated carbocycles. The van der Waals surface area contributed by atoms with E-state index in [0.29, 0.717) is 17.5 Å². The fourth-order valence-corrected chi connectivity index (χ4v) is 3.99. The molecule has 0 aromatic heterocycles. The molecule has 0 aliphatic heterocycles. The van der Waals surface area contributed by atoms with Crippen LogP contribution in [0.5, 0.6) is 0 Å². The van der Waals surface area contributed by atoms with Crippen LogP contribution in [0.2, 0.25) is 0 Å². The maximum absolute atomic E-state index is 12.6. The van der Waals surface area contributed by atoms with Crippen molar-refractivity contribution >= 4 is 23.5 Å². The van der Waals surface area contributed by atoms with E-state index in [9.17, 15) is 14.4 Å². The van der Waals surface area contributed by atoms with Crippen LogP contribution < -0.4 is 10.6 Å². The molecule has 2 aromatic rings. The van der Waals surface area contributed by atoms with Gasteiger partial charge in [-0.25, -0.2) is 4.79 Å². The number of anilines is 1. The number of carbonyl (C=O) groups is 3. The Morgan fingerprint density at radius 2 is 1.65 bits per heavy atom. The molecule has 2 amide bonds. The lowest BCUT2D eigenvalue weighted by Gasteiger charge is -2.34. The Hall–Kier alpha value is -3.15. The molecule has 3 rings (SSSR count). The highest BCUT2D eigenvalue weighted by Crippen LogP contribution is 2.29. The van der Waals surface area contributed by atoms with Crippen molar-refractivity contribution in [2.75, 3.05) is 11.9 Å². The van der Waals surface area contributed by atoms with E-state index in [-0.39, 0.29) is 36.4 Å². The van der Waals surface area contributed by atoms with E-state index in [2.05, 4.69) is 24.5 Å². The molecule has 1 aliphatic carbocycles. The number of amides is 2. The van der Waals surface area contributed by atoms with E-state index < -0.39 is 5.97 Å². The molecule has 6 heteroatoms. The maximum atomic E-state index is 12.6. The quantitative estimate of drug-likeness (QED) is 0.662. The number of para-hydroxylation sites is 1. The van der Waals surface area contributed by atoms with Gasteiger partial charge >= 0.3 is 5.97 Å². The van der Waals surface area contributed by atoms with Crippen molar-refractivity contribution in [3.63, 3.8) is 0 Å². The molecule has 0 radical (unpaired) electrons. The summed E-state index contributed by atoms with van der Waals surface area (Å²) in [5, 5.41) is 5.76. The Bertz CT molecular complexity index is 913. The number of hydrogen-bond acceptors (Lipinski definition) is 4. The lowest BCUT2D eigenvalue weighted by molar-refractivity contribution is -0.125. The van der Waals surface area contributed by atoms with E-state index >= 15 is 0 Å². The molecule has 1 aliphatic rings. The van der Waals surface area contributed by atoms with Crippen molar-refractivity contribution in [2.24, 2.45) is 11.8 Å². The minimum Gasteiger partial charge on any atom is -0.452 e. The van der Waals surface area contributed by atoms with Gasteiger partial charge in [-0.05, 0) is 36.0 Å². The highest BCUT2D eigenvalue weighted by atomic mass is 16.5. The number of carbonyl (C=O) groups excluding carboxylic acids is 3.